The Morgan fingerprint density at radius 2 is 2.10 bits per heavy atom. The van der Waals surface area contributed by atoms with Gasteiger partial charge in [0.25, 0.3) is 5.91 Å². The van der Waals surface area contributed by atoms with Crippen LogP contribution in [0.25, 0.3) is 16.7 Å². The lowest BCUT2D eigenvalue weighted by atomic mass is 10.2. The predicted octanol–water partition coefficient (Wildman–Crippen LogP) is 3.13. The third-order valence-electron chi connectivity index (χ3n) is 3.13. The summed E-state index contributed by atoms with van der Waals surface area (Å²) in [6.45, 7) is 1.79. The number of aryl methyl sites for hydroxylation is 1. The fourth-order valence-corrected chi connectivity index (χ4v) is 2.72. The van der Waals surface area contributed by atoms with Crippen LogP contribution in [0, 0.1) is 6.92 Å². The van der Waals surface area contributed by atoms with Crippen LogP contribution in [0.3, 0.4) is 0 Å². The van der Waals surface area contributed by atoms with Crippen molar-refractivity contribution in [2.75, 3.05) is 0 Å². The van der Waals surface area contributed by atoms with Crippen LogP contribution in [0.5, 0.6) is 0 Å². The van der Waals surface area contributed by atoms with E-state index in [4.69, 9.17) is 28.9 Å². The highest BCUT2D eigenvalue weighted by Crippen LogP contribution is 2.30. The van der Waals surface area contributed by atoms with Crippen molar-refractivity contribution in [3.05, 3.63) is 51.8 Å². The van der Waals surface area contributed by atoms with Gasteiger partial charge in [-0.25, -0.2) is 9.67 Å². The number of benzene rings is 1. The van der Waals surface area contributed by atoms with Crippen molar-refractivity contribution in [3.63, 3.8) is 0 Å². The highest BCUT2D eigenvalue weighted by Gasteiger charge is 2.18. The highest BCUT2D eigenvalue weighted by molar-refractivity contribution is 6.38. The van der Waals surface area contributed by atoms with Crippen molar-refractivity contribution in [1.82, 2.24) is 14.8 Å². The van der Waals surface area contributed by atoms with Crippen LogP contribution < -0.4 is 5.73 Å². The van der Waals surface area contributed by atoms with Crippen molar-refractivity contribution < 1.29 is 4.79 Å². The lowest BCUT2D eigenvalue weighted by Crippen LogP contribution is -2.12. The van der Waals surface area contributed by atoms with E-state index >= 15 is 0 Å². The monoisotopic (exact) mass is 320 g/mol. The molecule has 0 spiro atoms. The number of halogens is 2. The van der Waals surface area contributed by atoms with Gasteiger partial charge < -0.3 is 5.73 Å². The van der Waals surface area contributed by atoms with Crippen LogP contribution in [0.4, 0.5) is 0 Å². The maximum absolute atomic E-state index is 11.4. The molecule has 2 N–H and O–H groups in total. The number of primary amides is 1. The van der Waals surface area contributed by atoms with Crippen LogP contribution in [-0.2, 0) is 0 Å². The smallest absolute Gasteiger partial charge is 0.251 e. The molecule has 5 nitrogen and oxygen atoms in total. The number of hydrogen-bond donors (Lipinski definition) is 1. The molecule has 0 bridgehead atoms. The summed E-state index contributed by atoms with van der Waals surface area (Å²) < 4.78 is 1.63. The van der Waals surface area contributed by atoms with Gasteiger partial charge in [-0.05, 0) is 25.1 Å². The molecule has 1 amide bonds. The Morgan fingerprint density at radius 1 is 1.33 bits per heavy atom. The normalized spacial score (nSPS) is 11.0. The Labute approximate surface area is 130 Å². The van der Waals surface area contributed by atoms with Crippen molar-refractivity contribution in [2.45, 2.75) is 6.92 Å². The first-order valence-corrected chi connectivity index (χ1v) is 6.84. The molecule has 21 heavy (non-hydrogen) atoms. The van der Waals surface area contributed by atoms with Crippen LogP contribution in [-0.4, -0.2) is 20.7 Å². The topological polar surface area (TPSA) is 73.8 Å². The van der Waals surface area contributed by atoms with Crippen molar-refractivity contribution >= 4 is 40.1 Å². The first kappa shape index (κ1) is 13.9. The molecule has 0 atom stereocenters. The maximum atomic E-state index is 11.4. The number of aromatic nitrogens is 3. The summed E-state index contributed by atoms with van der Waals surface area (Å²) in [5, 5.41) is 5.88. The van der Waals surface area contributed by atoms with E-state index in [0.717, 1.165) is 5.69 Å². The number of nitrogens with two attached hydrogens (primary N) is 1. The summed E-state index contributed by atoms with van der Waals surface area (Å²) >= 11 is 12.3. The largest absolute Gasteiger partial charge is 0.366 e. The Hall–Kier alpha value is -2.11. The molecule has 0 aliphatic rings. The molecule has 2 aromatic heterocycles. The Balaban J connectivity index is 2.33. The van der Waals surface area contributed by atoms with Crippen molar-refractivity contribution in [3.8, 4) is 5.69 Å². The molecule has 0 radical (unpaired) electrons. The van der Waals surface area contributed by atoms with Gasteiger partial charge in [-0.1, -0.05) is 29.3 Å². The van der Waals surface area contributed by atoms with Gasteiger partial charge >= 0.3 is 0 Å². The Morgan fingerprint density at radius 3 is 2.76 bits per heavy atom. The molecule has 1 aromatic carbocycles. The van der Waals surface area contributed by atoms with E-state index in [-0.39, 0.29) is 10.6 Å². The molecule has 3 aromatic rings. The van der Waals surface area contributed by atoms with Crippen LogP contribution in [0.15, 0.2) is 30.5 Å². The number of nitrogens with zero attached hydrogens (tertiary/aromatic N) is 3. The summed E-state index contributed by atoms with van der Waals surface area (Å²) in [6.07, 6.45) is 1.36. The first-order valence-electron chi connectivity index (χ1n) is 6.08. The molecular formula is C14H10Cl2N4O. The van der Waals surface area contributed by atoms with E-state index in [9.17, 15) is 4.79 Å². The second kappa shape index (κ2) is 5.02. The predicted molar refractivity (Wildman–Crippen MR) is 82.1 cm³/mol. The molecule has 0 fully saturated rings. The fourth-order valence-electron chi connectivity index (χ4n) is 2.17. The second-order valence-corrected chi connectivity index (χ2v) is 5.34. The zero-order chi connectivity index (χ0) is 15.1. The maximum Gasteiger partial charge on any atom is 0.251 e. The number of pyridine rings is 1. The molecule has 0 saturated carbocycles. The average Bonchev–Trinajstić information content (AvgIpc) is 2.77. The zero-order valence-corrected chi connectivity index (χ0v) is 12.5. The lowest BCUT2D eigenvalue weighted by molar-refractivity contribution is 0.100. The number of carbonyl (C=O) groups excluding carboxylic acids is 1. The average molecular weight is 321 g/mol. The van der Waals surface area contributed by atoms with Gasteiger partial charge in [-0.2, -0.15) is 5.10 Å². The summed E-state index contributed by atoms with van der Waals surface area (Å²) in [4.78, 5) is 15.6. The quantitative estimate of drug-likeness (QED) is 0.788. The number of fused-ring (bicyclic) bond motifs is 1. The summed E-state index contributed by atoms with van der Waals surface area (Å²) in [5.41, 5.74) is 7.43. The molecule has 3 rings (SSSR count). The van der Waals surface area contributed by atoms with Gasteiger partial charge in [-0.3, -0.25) is 4.79 Å². The van der Waals surface area contributed by atoms with Gasteiger partial charge in [-0.15, -0.1) is 0 Å². The molecule has 106 valence electrons. The minimum absolute atomic E-state index is 0.179. The minimum atomic E-state index is -0.621. The molecule has 0 aliphatic carbocycles. The van der Waals surface area contributed by atoms with E-state index < -0.39 is 5.91 Å². The van der Waals surface area contributed by atoms with E-state index in [0.29, 0.717) is 21.7 Å². The summed E-state index contributed by atoms with van der Waals surface area (Å²) in [6, 6.07) is 7.22. The molecule has 7 heteroatoms. The van der Waals surface area contributed by atoms with Crippen LogP contribution in [0.2, 0.25) is 10.0 Å². The molecule has 0 aliphatic heterocycles. The number of amides is 1. The van der Waals surface area contributed by atoms with Gasteiger partial charge in [0.15, 0.2) is 5.65 Å². The standard InChI is InChI=1S/C14H10Cl2N4O/c1-7-11-12(16)10(13(17)21)6-18-14(11)20(19-7)9-4-2-3-8(15)5-9/h2-6H,1H3,(H2,17,21). The minimum Gasteiger partial charge on any atom is -0.366 e. The highest BCUT2D eigenvalue weighted by atomic mass is 35.5. The van der Waals surface area contributed by atoms with E-state index in [1.165, 1.54) is 6.20 Å². The summed E-state index contributed by atoms with van der Waals surface area (Å²) in [5.74, 6) is -0.621. The van der Waals surface area contributed by atoms with E-state index in [1.54, 1.807) is 23.7 Å². The van der Waals surface area contributed by atoms with Gasteiger partial charge in [0.05, 0.1) is 27.4 Å². The number of rotatable bonds is 2. The Bertz CT molecular complexity index is 873. The SMILES string of the molecule is Cc1nn(-c2cccc(Cl)c2)c2ncc(C(N)=O)c(Cl)c12. The second-order valence-electron chi connectivity index (χ2n) is 4.53. The van der Waals surface area contributed by atoms with Crippen LogP contribution >= 0.6 is 23.2 Å². The Kier molecular flexibility index (Phi) is 3.31. The van der Waals surface area contributed by atoms with Gasteiger partial charge in [0.1, 0.15) is 0 Å². The third-order valence-corrected chi connectivity index (χ3v) is 3.75. The fraction of sp³-hybridized carbons (Fsp3) is 0.0714. The van der Waals surface area contributed by atoms with Gasteiger partial charge in [0.2, 0.25) is 0 Å². The molecule has 0 unspecified atom stereocenters. The van der Waals surface area contributed by atoms with Crippen molar-refractivity contribution in [1.29, 1.82) is 0 Å². The first-order chi connectivity index (χ1) is 9.99. The van der Waals surface area contributed by atoms with Gasteiger partial charge in [0, 0.05) is 11.2 Å². The summed E-state index contributed by atoms with van der Waals surface area (Å²) in [7, 11) is 0. The molecule has 2 heterocycles. The van der Waals surface area contributed by atoms with Crippen molar-refractivity contribution in [2.24, 2.45) is 5.73 Å². The molecule has 0 saturated heterocycles. The zero-order valence-electron chi connectivity index (χ0n) is 11.0. The van der Waals surface area contributed by atoms with E-state index in [2.05, 4.69) is 10.1 Å². The lowest BCUT2D eigenvalue weighted by Gasteiger charge is -2.04. The number of carbonyl (C=O) groups is 1. The van der Waals surface area contributed by atoms with E-state index in [1.807, 2.05) is 12.1 Å². The number of hydrogen-bond acceptors (Lipinski definition) is 3. The molecular weight excluding hydrogens is 311 g/mol. The third kappa shape index (κ3) is 2.24. The van der Waals surface area contributed by atoms with Crippen LogP contribution in [0.1, 0.15) is 16.1 Å².